The van der Waals surface area contributed by atoms with E-state index in [1.54, 1.807) is 17.5 Å². The van der Waals surface area contributed by atoms with Crippen LogP contribution in [0.1, 0.15) is 5.56 Å². The van der Waals surface area contributed by atoms with Crippen LogP contribution in [0.4, 0.5) is 0 Å². The van der Waals surface area contributed by atoms with Gasteiger partial charge in [-0.15, -0.1) is 0 Å². The molecule has 0 amide bonds. The lowest BCUT2D eigenvalue weighted by Crippen LogP contribution is -2.03. The van der Waals surface area contributed by atoms with E-state index in [1.807, 2.05) is 5.38 Å². The SMILES string of the molecule is N#CC(=Cc1ccsc1)S(=O)(=O)c1ccc(Cl)cc1. The standard InChI is InChI=1S/C13H8ClNO2S2/c14-11-1-3-12(4-2-11)19(16,17)13(8-15)7-10-5-6-18-9-10/h1-7,9H. The molecule has 0 unspecified atom stereocenters. The van der Waals surface area contributed by atoms with E-state index in [4.69, 9.17) is 16.9 Å². The first-order valence-electron chi connectivity index (χ1n) is 5.18. The van der Waals surface area contributed by atoms with Gasteiger partial charge in [-0.2, -0.15) is 16.6 Å². The maximum atomic E-state index is 12.3. The number of nitriles is 1. The van der Waals surface area contributed by atoms with Crippen molar-refractivity contribution in [1.29, 1.82) is 5.26 Å². The van der Waals surface area contributed by atoms with Crippen LogP contribution in [0.15, 0.2) is 50.9 Å². The van der Waals surface area contributed by atoms with Crippen LogP contribution in [0.25, 0.3) is 6.08 Å². The summed E-state index contributed by atoms with van der Waals surface area (Å²) in [6, 6.07) is 9.22. The highest BCUT2D eigenvalue weighted by Crippen LogP contribution is 2.23. The Labute approximate surface area is 120 Å². The van der Waals surface area contributed by atoms with Gasteiger partial charge in [0.1, 0.15) is 11.0 Å². The van der Waals surface area contributed by atoms with Crippen molar-refractivity contribution in [2.75, 3.05) is 0 Å². The number of benzene rings is 1. The zero-order valence-electron chi connectivity index (χ0n) is 9.58. The van der Waals surface area contributed by atoms with Gasteiger partial charge in [-0.05, 0) is 52.7 Å². The average Bonchev–Trinajstić information content (AvgIpc) is 2.89. The second-order valence-corrected chi connectivity index (χ2v) is 6.77. The number of sulfone groups is 1. The number of nitrogens with zero attached hydrogens (tertiary/aromatic N) is 1. The predicted octanol–water partition coefficient (Wildman–Crippen LogP) is 3.74. The molecule has 0 aliphatic rings. The summed E-state index contributed by atoms with van der Waals surface area (Å²) in [4.78, 5) is -0.229. The quantitative estimate of drug-likeness (QED) is 0.811. The summed E-state index contributed by atoms with van der Waals surface area (Å²) in [7, 11) is -3.80. The van der Waals surface area contributed by atoms with Crippen LogP contribution >= 0.6 is 22.9 Å². The number of thiophene rings is 1. The van der Waals surface area contributed by atoms with Crippen molar-refractivity contribution < 1.29 is 8.42 Å². The maximum Gasteiger partial charge on any atom is 0.216 e. The van der Waals surface area contributed by atoms with E-state index >= 15 is 0 Å². The molecule has 1 aromatic heterocycles. The fourth-order valence-electron chi connectivity index (χ4n) is 1.42. The molecule has 0 radical (unpaired) electrons. The molecule has 0 bridgehead atoms. The molecule has 0 saturated heterocycles. The molecular formula is C13H8ClNO2S2. The minimum Gasteiger partial charge on any atom is -0.218 e. The zero-order chi connectivity index (χ0) is 13.9. The Morgan fingerprint density at radius 2 is 1.95 bits per heavy atom. The van der Waals surface area contributed by atoms with Gasteiger partial charge in [-0.1, -0.05) is 11.6 Å². The van der Waals surface area contributed by atoms with Crippen molar-refractivity contribution in [2.45, 2.75) is 4.90 Å². The summed E-state index contributed by atoms with van der Waals surface area (Å²) < 4.78 is 24.5. The highest BCUT2D eigenvalue weighted by Gasteiger charge is 2.20. The Morgan fingerprint density at radius 3 is 2.47 bits per heavy atom. The van der Waals surface area contributed by atoms with E-state index < -0.39 is 9.84 Å². The second-order valence-electron chi connectivity index (χ2n) is 3.63. The zero-order valence-corrected chi connectivity index (χ0v) is 12.0. The van der Waals surface area contributed by atoms with Crippen molar-refractivity contribution in [3.05, 3.63) is 56.6 Å². The Balaban J connectivity index is 2.49. The van der Waals surface area contributed by atoms with E-state index in [1.165, 1.54) is 41.7 Å². The lowest BCUT2D eigenvalue weighted by Gasteiger charge is -2.02. The third kappa shape index (κ3) is 3.04. The topological polar surface area (TPSA) is 57.9 Å². The molecule has 1 aromatic carbocycles. The molecule has 0 aliphatic heterocycles. The fourth-order valence-corrected chi connectivity index (χ4v) is 3.32. The van der Waals surface area contributed by atoms with Gasteiger partial charge >= 0.3 is 0 Å². The van der Waals surface area contributed by atoms with E-state index in [9.17, 15) is 8.42 Å². The summed E-state index contributed by atoms with van der Waals surface area (Å²) >= 11 is 7.15. The molecule has 0 aliphatic carbocycles. The van der Waals surface area contributed by atoms with Crippen LogP contribution in [-0.2, 0) is 9.84 Å². The van der Waals surface area contributed by atoms with Crippen molar-refractivity contribution in [1.82, 2.24) is 0 Å². The molecule has 96 valence electrons. The van der Waals surface area contributed by atoms with Crippen LogP contribution in [0.5, 0.6) is 0 Å². The number of allylic oxidation sites excluding steroid dienone is 1. The Hall–Kier alpha value is -1.61. The van der Waals surface area contributed by atoms with Crippen LogP contribution in [0.3, 0.4) is 0 Å². The Bertz CT molecular complexity index is 739. The summed E-state index contributed by atoms with van der Waals surface area (Å²) in [5, 5.41) is 13.1. The van der Waals surface area contributed by atoms with Crippen LogP contribution in [0.2, 0.25) is 5.02 Å². The van der Waals surface area contributed by atoms with Gasteiger partial charge in [-0.25, -0.2) is 8.42 Å². The lowest BCUT2D eigenvalue weighted by atomic mass is 10.3. The summed E-state index contributed by atoms with van der Waals surface area (Å²) in [6.45, 7) is 0. The summed E-state index contributed by atoms with van der Waals surface area (Å²) in [5.41, 5.74) is 0.694. The molecule has 0 N–H and O–H groups in total. The largest absolute Gasteiger partial charge is 0.218 e. The van der Waals surface area contributed by atoms with Crippen LogP contribution in [-0.4, -0.2) is 8.42 Å². The van der Waals surface area contributed by atoms with E-state index in [2.05, 4.69) is 0 Å². The van der Waals surface area contributed by atoms with E-state index in [-0.39, 0.29) is 9.80 Å². The highest BCUT2D eigenvalue weighted by molar-refractivity contribution is 7.95. The van der Waals surface area contributed by atoms with Crippen LogP contribution < -0.4 is 0 Å². The minimum absolute atomic E-state index is 0.0555. The normalized spacial score (nSPS) is 12.1. The van der Waals surface area contributed by atoms with Gasteiger partial charge in [-0.3, -0.25) is 0 Å². The molecule has 1 heterocycles. The molecule has 19 heavy (non-hydrogen) atoms. The van der Waals surface area contributed by atoms with Crippen molar-refractivity contribution in [3.63, 3.8) is 0 Å². The molecule has 0 atom stereocenters. The van der Waals surface area contributed by atoms with Crippen LogP contribution in [0, 0.1) is 11.3 Å². The molecule has 0 spiro atoms. The Morgan fingerprint density at radius 1 is 1.26 bits per heavy atom. The third-order valence-electron chi connectivity index (χ3n) is 2.36. The van der Waals surface area contributed by atoms with E-state index in [0.717, 1.165) is 0 Å². The minimum atomic E-state index is -3.80. The van der Waals surface area contributed by atoms with Gasteiger partial charge in [0, 0.05) is 5.02 Å². The van der Waals surface area contributed by atoms with Crippen molar-refractivity contribution in [2.24, 2.45) is 0 Å². The maximum absolute atomic E-state index is 12.3. The molecule has 3 nitrogen and oxygen atoms in total. The van der Waals surface area contributed by atoms with Crippen molar-refractivity contribution >= 4 is 38.9 Å². The number of halogens is 1. The lowest BCUT2D eigenvalue weighted by molar-refractivity contribution is 0.603. The first-order valence-corrected chi connectivity index (χ1v) is 7.99. The first kappa shape index (κ1) is 13.8. The number of hydrogen-bond acceptors (Lipinski definition) is 4. The highest BCUT2D eigenvalue weighted by atomic mass is 35.5. The Kier molecular flexibility index (Phi) is 4.05. The summed E-state index contributed by atoms with van der Waals surface area (Å²) in [5.74, 6) is 0. The van der Waals surface area contributed by atoms with Gasteiger partial charge in [0.05, 0.1) is 4.90 Å². The molecule has 2 rings (SSSR count). The van der Waals surface area contributed by atoms with Crippen molar-refractivity contribution in [3.8, 4) is 6.07 Å². The third-order valence-corrected chi connectivity index (χ3v) is 5.00. The molecule has 0 saturated carbocycles. The number of rotatable bonds is 3. The fraction of sp³-hybridized carbons (Fsp3) is 0. The second kappa shape index (κ2) is 5.57. The van der Waals surface area contributed by atoms with E-state index in [0.29, 0.717) is 10.6 Å². The number of hydrogen-bond donors (Lipinski definition) is 0. The summed E-state index contributed by atoms with van der Waals surface area (Å²) in [6.07, 6.45) is 1.36. The van der Waals surface area contributed by atoms with Gasteiger partial charge < -0.3 is 0 Å². The smallest absolute Gasteiger partial charge is 0.216 e. The van der Waals surface area contributed by atoms with Gasteiger partial charge in [0.15, 0.2) is 0 Å². The molecule has 6 heteroatoms. The molecule has 2 aromatic rings. The van der Waals surface area contributed by atoms with Gasteiger partial charge in [0.25, 0.3) is 0 Å². The first-order chi connectivity index (χ1) is 9.04. The molecule has 0 fully saturated rings. The monoisotopic (exact) mass is 309 g/mol. The van der Waals surface area contributed by atoms with Gasteiger partial charge in [0.2, 0.25) is 9.84 Å². The molecular weight excluding hydrogens is 302 g/mol. The average molecular weight is 310 g/mol. The predicted molar refractivity (Wildman–Crippen MR) is 76.5 cm³/mol.